The van der Waals surface area contributed by atoms with Crippen LogP contribution in [0.1, 0.15) is 48.2 Å². The first-order valence-corrected chi connectivity index (χ1v) is 8.94. The first-order valence-electron chi connectivity index (χ1n) is 8.94. The molecule has 0 unspecified atom stereocenters. The van der Waals surface area contributed by atoms with Gasteiger partial charge in [0.05, 0.1) is 17.6 Å². The van der Waals surface area contributed by atoms with Gasteiger partial charge < -0.3 is 15.2 Å². The highest BCUT2D eigenvalue weighted by atomic mass is 16.6. The van der Waals surface area contributed by atoms with Gasteiger partial charge in [0, 0.05) is 24.2 Å². The second kappa shape index (κ2) is 10.3. The van der Waals surface area contributed by atoms with Crippen molar-refractivity contribution in [3.63, 3.8) is 0 Å². The van der Waals surface area contributed by atoms with Crippen LogP contribution < -0.4 is 10.1 Å². The Morgan fingerprint density at radius 2 is 1.81 bits per heavy atom. The van der Waals surface area contributed by atoms with Crippen LogP contribution in [0.5, 0.6) is 5.75 Å². The summed E-state index contributed by atoms with van der Waals surface area (Å²) in [5.41, 5.74) is 0.913. The van der Waals surface area contributed by atoms with Crippen molar-refractivity contribution in [3.05, 3.63) is 69.8 Å². The number of nitro benzene ring substituents is 1. The van der Waals surface area contributed by atoms with E-state index >= 15 is 0 Å². The van der Waals surface area contributed by atoms with Crippen molar-refractivity contribution < 1.29 is 19.6 Å². The summed E-state index contributed by atoms with van der Waals surface area (Å²) in [6.07, 6.45) is 2.31. The van der Waals surface area contributed by atoms with Crippen LogP contribution in [0, 0.1) is 10.1 Å². The smallest absolute Gasteiger partial charge is 0.269 e. The predicted octanol–water partition coefficient (Wildman–Crippen LogP) is 3.63. The number of amides is 1. The molecule has 0 spiro atoms. The number of ether oxygens (including phenoxy) is 1. The number of aliphatic hydroxyl groups is 1. The van der Waals surface area contributed by atoms with E-state index in [1.54, 1.807) is 24.3 Å². The van der Waals surface area contributed by atoms with Gasteiger partial charge in [-0.25, -0.2) is 0 Å². The largest absolute Gasteiger partial charge is 0.494 e. The SMILES string of the molecule is CCCCCOc1ccc(C(=O)NC[C@@H](O)c2ccc([N+](=O)[O-])cc2)cc1. The molecule has 27 heavy (non-hydrogen) atoms. The van der Waals surface area contributed by atoms with Gasteiger partial charge in [0.15, 0.2) is 0 Å². The summed E-state index contributed by atoms with van der Waals surface area (Å²) < 4.78 is 5.61. The Kier molecular flexibility index (Phi) is 7.76. The van der Waals surface area contributed by atoms with Gasteiger partial charge in [0.2, 0.25) is 0 Å². The molecule has 0 saturated heterocycles. The highest BCUT2D eigenvalue weighted by Crippen LogP contribution is 2.18. The lowest BCUT2D eigenvalue weighted by atomic mass is 10.1. The molecule has 2 aromatic rings. The number of hydrogen-bond acceptors (Lipinski definition) is 5. The molecule has 0 bridgehead atoms. The zero-order valence-electron chi connectivity index (χ0n) is 15.3. The van der Waals surface area contributed by atoms with Crippen molar-refractivity contribution in [3.8, 4) is 5.75 Å². The van der Waals surface area contributed by atoms with Crippen molar-refractivity contribution in [2.24, 2.45) is 0 Å². The van der Waals surface area contributed by atoms with Crippen LogP contribution in [0.2, 0.25) is 0 Å². The Bertz CT molecular complexity index is 744. The van der Waals surface area contributed by atoms with Gasteiger partial charge in [-0.2, -0.15) is 0 Å². The minimum Gasteiger partial charge on any atom is -0.494 e. The second-order valence-corrected chi connectivity index (χ2v) is 6.15. The van der Waals surface area contributed by atoms with E-state index in [-0.39, 0.29) is 18.1 Å². The summed E-state index contributed by atoms with van der Waals surface area (Å²) in [6.45, 7) is 2.79. The van der Waals surface area contributed by atoms with E-state index in [9.17, 15) is 20.0 Å². The summed E-state index contributed by atoms with van der Waals surface area (Å²) in [5, 5.41) is 23.4. The average molecular weight is 372 g/mol. The number of nitrogens with one attached hydrogen (secondary N) is 1. The lowest BCUT2D eigenvalue weighted by Crippen LogP contribution is -2.28. The van der Waals surface area contributed by atoms with Gasteiger partial charge in [-0.15, -0.1) is 0 Å². The normalized spacial score (nSPS) is 11.6. The molecular weight excluding hydrogens is 348 g/mol. The van der Waals surface area contributed by atoms with E-state index in [1.165, 1.54) is 24.3 Å². The molecule has 0 radical (unpaired) electrons. The number of hydrogen-bond donors (Lipinski definition) is 2. The summed E-state index contributed by atoms with van der Waals surface area (Å²) >= 11 is 0. The lowest BCUT2D eigenvalue weighted by molar-refractivity contribution is -0.384. The van der Waals surface area contributed by atoms with Crippen LogP contribution in [0.3, 0.4) is 0 Å². The number of nitrogens with zero attached hydrogens (tertiary/aromatic N) is 1. The Morgan fingerprint density at radius 3 is 2.41 bits per heavy atom. The number of benzene rings is 2. The molecule has 1 amide bonds. The van der Waals surface area contributed by atoms with E-state index in [4.69, 9.17) is 4.74 Å². The molecule has 7 nitrogen and oxygen atoms in total. The molecule has 0 aliphatic heterocycles. The van der Waals surface area contributed by atoms with Gasteiger partial charge >= 0.3 is 0 Å². The molecule has 0 aliphatic carbocycles. The van der Waals surface area contributed by atoms with Gasteiger partial charge in [-0.3, -0.25) is 14.9 Å². The number of aliphatic hydroxyl groups excluding tert-OH is 1. The molecular formula is C20H24N2O5. The Hall–Kier alpha value is -2.93. The fourth-order valence-corrected chi connectivity index (χ4v) is 2.47. The standard InChI is InChI=1S/C20H24N2O5/c1-2-3-4-13-27-18-11-7-16(8-12-18)20(24)21-14-19(23)15-5-9-17(10-6-15)22(25)26/h5-12,19,23H,2-4,13-14H2,1H3,(H,21,24)/t19-/m1/s1. The third-order valence-corrected chi connectivity index (χ3v) is 4.08. The van der Waals surface area contributed by atoms with Crippen molar-refractivity contribution in [2.75, 3.05) is 13.2 Å². The van der Waals surface area contributed by atoms with E-state index in [0.717, 1.165) is 19.3 Å². The fourth-order valence-electron chi connectivity index (χ4n) is 2.47. The second-order valence-electron chi connectivity index (χ2n) is 6.15. The third kappa shape index (κ3) is 6.38. The molecule has 1 atom stereocenters. The molecule has 0 aliphatic rings. The highest BCUT2D eigenvalue weighted by molar-refractivity contribution is 5.94. The molecule has 144 valence electrons. The lowest BCUT2D eigenvalue weighted by Gasteiger charge is -2.12. The fraction of sp³-hybridized carbons (Fsp3) is 0.350. The number of carbonyl (C=O) groups excluding carboxylic acids is 1. The number of nitro groups is 1. The molecule has 0 saturated carbocycles. The zero-order chi connectivity index (χ0) is 19.6. The minimum atomic E-state index is -0.948. The van der Waals surface area contributed by atoms with Crippen LogP contribution in [0.15, 0.2) is 48.5 Å². The van der Waals surface area contributed by atoms with Crippen LogP contribution in [0.25, 0.3) is 0 Å². The van der Waals surface area contributed by atoms with Crippen molar-refractivity contribution in [1.29, 1.82) is 0 Å². The average Bonchev–Trinajstić information content (AvgIpc) is 2.69. The quantitative estimate of drug-likeness (QED) is 0.377. The van der Waals surface area contributed by atoms with E-state index in [0.29, 0.717) is 23.5 Å². The van der Waals surface area contributed by atoms with Crippen molar-refractivity contribution >= 4 is 11.6 Å². The Morgan fingerprint density at radius 1 is 1.15 bits per heavy atom. The van der Waals surface area contributed by atoms with Crippen molar-refractivity contribution in [2.45, 2.75) is 32.3 Å². The maximum atomic E-state index is 12.2. The van der Waals surface area contributed by atoms with Gasteiger partial charge in [-0.1, -0.05) is 19.8 Å². The van der Waals surface area contributed by atoms with Gasteiger partial charge in [-0.05, 0) is 48.4 Å². The highest BCUT2D eigenvalue weighted by Gasteiger charge is 2.13. The van der Waals surface area contributed by atoms with Crippen molar-refractivity contribution in [1.82, 2.24) is 5.32 Å². The van der Waals surface area contributed by atoms with E-state index in [2.05, 4.69) is 12.2 Å². The number of carbonyl (C=O) groups is 1. The van der Waals surface area contributed by atoms with Crippen LogP contribution in [0.4, 0.5) is 5.69 Å². The molecule has 2 N–H and O–H groups in total. The first kappa shape index (κ1) is 20.4. The number of rotatable bonds is 10. The first-order chi connectivity index (χ1) is 13.0. The molecule has 0 fully saturated rings. The predicted molar refractivity (Wildman–Crippen MR) is 102 cm³/mol. The molecule has 7 heteroatoms. The molecule has 0 aromatic heterocycles. The summed E-state index contributed by atoms with van der Waals surface area (Å²) in [6, 6.07) is 12.4. The summed E-state index contributed by atoms with van der Waals surface area (Å²) in [7, 11) is 0. The third-order valence-electron chi connectivity index (χ3n) is 4.08. The summed E-state index contributed by atoms with van der Waals surface area (Å²) in [4.78, 5) is 22.3. The molecule has 2 aromatic carbocycles. The maximum absolute atomic E-state index is 12.2. The monoisotopic (exact) mass is 372 g/mol. The maximum Gasteiger partial charge on any atom is 0.269 e. The minimum absolute atomic E-state index is 0.00587. The molecule has 0 heterocycles. The summed E-state index contributed by atoms with van der Waals surface area (Å²) in [5.74, 6) is 0.405. The van der Waals surface area contributed by atoms with Crippen LogP contribution in [-0.4, -0.2) is 29.1 Å². The van der Waals surface area contributed by atoms with Gasteiger partial charge in [0.1, 0.15) is 5.75 Å². The van der Waals surface area contributed by atoms with Gasteiger partial charge in [0.25, 0.3) is 11.6 Å². The number of unbranched alkanes of at least 4 members (excludes halogenated alkanes) is 2. The van der Waals surface area contributed by atoms with E-state index in [1.807, 2.05) is 0 Å². The Balaban J connectivity index is 1.83. The van der Waals surface area contributed by atoms with E-state index < -0.39 is 11.0 Å². The van der Waals surface area contributed by atoms with Crippen LogP contribution >= 0.6 is 0 Å². The zero-order valence-corrected chi connectivity index (χ0v) is 15.3. The molecule has 2 rings (SSSR count). The topological polar surface area (TPSA) is 102 Å². The Labute approximate surface area is 158 Å². The van der Waals surface area contributed by atoms with Crippen LogP contribution in [-0.2, 0) is 0 Å². The number of non-ortho nitro benzene ring substituents is 1.